The van der Waals surface area contributed by atoms with Crippen molar-refractivity contribution in [2.24, 2.45) is 0 Å². The number of thioether (sulfide) groups is 1. The quantitative estimate of drug-likeness (QED) is 0.160. The number of piperazine rings is 1. The number of amides is 4. The Morgan fingerprint density at radius 3 is 2.50 bits per heavy atom. The molecule has 12 nitrogen and oxygen atoms in total. The Labute approximate surface area is 350 Å². The van der Waals surface area contributed by atoms with E-state index in [1.54, 1.807) is 46.2 Å². The molecule has 4 amide bonds. The first-order valence-electron chi connectivity index (χ1n) is 18.7. The molecule has 1 aliphatic carbocycles. The van der Waals surface area contributed by atoms with Crippen LogP contribution < -0.4 is 24.8 Å². The van der Waals surface area contributed by atoms with Crippen molar-refractivity contribution in [3.8, 4) is 28.5 Å². The number of ether oxygens (including phenoxy) is 3. The first-order valence-corrected chi connectivity index (χ1v) is 21.0. The highest BCUT2D eigenvalue weighted by Crippen LogP contribution is 2.52. The van der Waals surface area contributed by atoms with Crippen LogP contribution in [-0.2, 0) is 26.2 Å². The molecule has 58 heavy (non-hydrogen) atoms. The molecule has 1 aromatic heterocycles. The normalized spacial score (nSPS) is 18.3. The third-order valence-corrected chi connectivity index (χ3v) is 12.4. The van der Waals surface area contributed by atoms with E-state index >= 15 is 0 Å². The van der Waals surface area contributed by atoms with Crippen LogP contribution in [0.15, 0.2) is 71.2 Å². The van der Waals surface area contributed by atoms with Crippen molar-refractivity contribution >= 4 is 68.7 Å². The van der Waals surface area contributed by atoms with E-state index in [1.165, 1.54) is 23.9 Å². The molecule has 0 spiro atoms. The molecule has 3 aromatic carbocycles. The predicted molar refractivity (Wildman–Crippen MR) is 217 cm³/mol. The summed E-state index contributed by atoms with van der Waals surface area (Å²) in [6, 6.07) is 18.5. The molecule has 1 saturated carbocycles. The highest BCUT2D eigenvalue weighted by Gasteiger charge is 2.53. The summed E-state index contributed by atoms with van der Waals surface area (Å²) in [7, 11) is 0. The number of anilines is 1. The lowest BCUT2D eigenvalue weighted by Gasteiger charge is -2.35. The highest BCUT2D eigenvalue weighted by atomic mass is 79.9. The van der Waals surface area contributed by atoms with E-state index in [4.69, 9.17) is 21.3 Å². The first-order chi connectivity index (χ1) is 27.8. The fourth-order valence-corrected chi connectivity index (χ4v) is 9.06. The Kier molecular flexibility index (Phi) is 11.0. The van der Waals surface area contributed by atoms with Gasteiger partial charge in [0.25, 0.3) is 11.8 Å². The van der Waals surface area contributed by atoms with Crippen LogP contribution in [-0.4, -0.2) is 95.0 Å². The molecule has 17 heteroatoms. The highest BCUT2D eigenvalue weighted by molar-refractivity contribution is 9.10. The van der Waals surface area contributed by atoms with Gasteiger partial charge in [-0.2, -0.15) is 11.8 Å². The summed E-state index contributed by atoms with van der Waals surface area (Å²) in [6.45, 7) is 3.94. The lowest BCUT2D eigenvalue weighted by molar-refractivity contribution is -0.286. The summed E-state index contributed by atoms with van der Waals surface area (Å²) in [5, 5.41) is 6.38. The van der Waals surface area contributed by atoms with Crippen LogP contribution in [0, 0.1) is 6.92 Å². The van der Waals surface area contributed by atoms with Crippen molar-refractivity contribution in [1.82, 2.24) is 20.1 Å². The molecular formula is C41H37BrClF2N5O7S. The van der Waals surface area contributed by atoms with Crippen molar-refractivity contribution in [3.05, 3.63) is 98.5 Å². The second-order valence-corrected chi connectivity index (χ2v) is 16.9. The molecular weight excluding hydrogens is 860 g/mol. The number of hydrogen-bond acceptors (Lipinski definition) is 9. The van der Waals surface area contributed by atoms with Gasteiger partial charge in [-0.25, -0.2) is 4.98 Å². The first kappa shape index (κ1) is 39.9. The van der Waals surface area contributed by atoms with E-state index in [9.17, 15) is 28.0 Å². The molecule has 302 valence electrons. The number of nitrogens with one attached hydrogen (secondary N) is 2. The minimum absolute atomic E-state index is 0.0203. The number of rotatable bonds is 11. The van der Waals surface area contributed by atoms with Crippen LogP contribution in [0.5, 0.6) is 17.2 Å². The summed E-state index contributed by atoms with van der Waals surface area (Å²) in [6.07, 6.45) is -2.86. The van der Waals surface area contributed by atoms with Gasteiger partial charge >= 0.3 is 6.29 Å². The standard InChI is InChI=1S/C41H37BrClF2N5O7S/c1-23-5-8-33(48-39(54)40(9-10-40)27-6-7-30-31(20-27)57-41(44,45)56-30)47-35(23)24-3-2-4-25(17-24)37(52)46-11-16-58-22-34(51)49-12-14-50(15-13-49)38(53)32-19-26-18-28(43)21-29(42)36(26)55-32/h2-8,17-18,20-21,32H,9-16,19,22H2,1H3,(H,46,52)(H,47,48,54)/t32-/m1/s1. The average Bonchev–Trinajstić information content (AvgIpc) is 3.81. The van der Waals surface area contributed by atoms with E-state index in [-0.39, 0.29) is 40.9 Å². The van der Waals surface area contributed by atoms with Gasteiger partial charge in [-0.1, -0.05) is 35.9 Å². The molecule has 2 N–H and O–H groups in total. The van der Waals surface area contributed by atoms with Gasteiger partial charge in [0.2, 0.25) is 11.8 Å². The van der Waals surface area contributed by atoms with E-state index in [0.29, 0.717) is 101 Å². The number of pyridine rings is 1. The number of aryl methyl sites for hydroxylation is 1. The number of carbonyl (C=O) groups is 4. The van der Waals surface area contributed by atoms with Gasteiger partial charge in [-0.15, -0.1) is 8.78 Å². The Morgan fingerprint density at radius 2 is 1.72 bits per heavy atom. The monoisotopic (exact) mass is 895 g/mol. The van der Waals surface area contributed by atoms with E-state index in [1.807, 2.05) is 25.1 Å². The summed E-state index contributed by atoms with van der Waals surface area (Å²) < 4.78 is 42.9. The zero-order valence-corrected chi connectivity index (χ0v) is 34.3. The van der Waals surface area contributed by atoms with Gasteiger partial charge < -0.3 is 34.6 Å². The third-order valence-electron chi connectivity index (χ3n) is 10.6. The average molecular weight is 897 g/mol. The fourth-order valence-electron chi connectivity index (χ4n) is 7.34. The molecule has 4 aromatic rings. The molecule has 8 rings (SSSR count). The number of nitrogens with zero attached hydrogens (tertiary/aromatic N) is 3. The maximum Gasteiger partial charge on any atom is 0.586 e. The summed E-state index contributed by atoms with van der Waals surface area (Å²) >= 11 is 11.0. The SMILES string of the molecule is Cc1ccc(NC(=O)C2(c3ccc4c(c3)OC(F)(F)O4)CC2)nc1-c1cccc(C(=O)NCCSCC(=O)N2CCN(C(=O)[C@H]3Cc4cc(Cl)cc(Br)c4O3)CC2)c1. The topological polar surface area (TPSA) is 139 Å². The lowest BCUT2D eigenvalue weighted by Crippen LogP contribution is -2.53. The molecule has 1 saturated heterocycles. The van der Waals surface area contributed by atoms with Crippen LogP contribution in [0.1, 0.15) is 39.9 Å². The lowest BCUT2D eigenvalue weighted by atomic mass is 9.94. The van der Waals surface area contributed by atoms with Gasteiger partial charge in [-0.05, 0) is 89.3 Å². The summed E-state index contributed by atoms with van der Waals surface area (Å²) in [4.78, 5) is 61.0. The van der Waals surface area contributed by atoms with Gasteiger partial charge in [0.15, 0.2) is 17.6 Å². The van der Waals surface area contributed by atoms with Crippen molar-refractivity contribution < 1.29 is 42.2 Å². The van der Waals surface area contributed by atoms with Gasteiger partial charge in [0.05, 0.1) is 21.3 Å². The number of carbonyl (C=O) groups excluding carboxylic acids is 4. The maximum absolute atomic E-state index is 13.6. The van der Waals surface area contributed by atoms with Crippen LogP contribution in [0.25, 0.3) is 11.3 Å². The van der Waals surface area contributed by atoms with Crippen LogP contribution >= 0.6 is 39.3 Å². The number of hydrogen-bond donors (Lipinski definition) is 2. The Balaban J connectivity index is 0.787. The predicted octanol–water partition coefficient (Wildman–Crippen LogP) is 6.60. The van der Waals surface area contributed by atoms with Crippen LogP contribution in [0.2, 0.25) is 5.02 Å². The van der Waals surface area contributed by atoms with Gasteiger partial charge in [0, 0.05) is 66.6 Å². The second-order valence-electron chi connectivity index (χ2n) is 14.5. The molecule has 0 bridgehead atoms. The van der Waals surface area contributed by atoms with Crippen LogP contribution in [0.3, 0.4) is 0 Å². The molecule has 2 fully saturated rings. The smallest absolute Gasteiger partial charge is 0.479 e. The fraction of sp³-hybridized carbons (Fsp3) is 0.341. The number of halogens is 4. The zero-order chi connectivity index (χ0) is 40.8. The maximum atomic E-state index is 13.6. The van der Waals surface area contributed by atoms with Gasteiger partial charge in [-0.3, -0.25) is 19.2 Å². The Morgan fingerprint density at radius 1 is 0.966 bits per heavy atom. The second kappa shape index (κ2) is 16.0. The largest absolute Gasteiger partial charge is 0.586 e. The molecule has 3 aliphatic heterocycles. The minimum atomic E-state index is -3.75. The number of fused-ring (bicyclic) bond motifs is 2. The summed E-state index contributed by atoms with van der Waals surface area (Å²) in [5.74, 6) is 0.812. The van der Waals surface area contributed by atoms with Crippen molar-refractivity contribution in [1.29, 1.82) is 0 Å². The van der Waals surface area contributed by atoms with Crippen molar-refractivity contribution in [2.45, 2.75) is 44.0 Å². The van der Waals surface area contributed by atoms with Crippen molar-refractivity contribution in [2.75, 3.05) is 49.5 Å². The number of alkyl halides is 2. The molecule has 0 radical (unpaired) electrons. The zero-order valence-electron chi connectivity index (χ0n) is 31.1. The molecule has 0 unspecified atom stereocenters. The third kappa shape index (κ3) is 8.32. The minimum Gasteiger partial charge on any atom is -0.479 e. The molecule has 1 atom stereocenters. The van der Waals surface area contributed by atoms with E-state index < -0.39 is 17.8 Å². The van der Waals surface area contributed by atoms with Crippen molar-refractivity contribution in [3.63, 3.8) is 0 Å². The number of benzene rings is 3. The van der Waals surface area contributed by atoms with E-state index in [2.05, 4.69) is 36.0 Å². The Hall–Kier alpha value is -4.93. The number of aromatic nitrogens is 1. The van der Waals surface area contributed by atoms with E-state index in [0.717, 1.165) is 11.1 Å². The van der Waals surface area contributed by atoms with Gasteiger partial charge in [0.1, 0.15) is 11.6 Å². The Bertz CT molecular complexity index is 2320. The molecule has 4 heterocycles. The summed E-state index contributed by atoms with van der Waals surface area (Å²) in [5.41, 5.74) is 3.05. The van der Waals surface area contributed by atoms with Crippen LogP contribution in [0.4, 0.5) is 14.6 Å². The molecule has 4 aliphatic rings.